The Bertz CT molecular complexity index is 646. The number of nitrogens with two attached hydrogens (primary N) is 1. The summed E-state index contributed by atoms with van der Waals surface area (Å²) in [6.45, 7) is 4.00. The van der Waals surface area contributed by atoms with E-state index in [1.165, 1.54) is 10.4 Å². The Morgan fingerprint density at radius 1 is 1.29 bits per heavy atom. The molecule has 2 rings (SSSR count). The van der Waals surface area contributed by atoms with Gasteiger partial charge in [-0.1, -0.05) is 19.4 Å². The van der Waals surface area contributed by atoms with Gasteiger partial charge in [0.25, 0.3) is 5.91 Å². The first-order valence-corrected chi connectivity index (χ1v) is 9.47. The number of benzene rings is 1. The van der Waals surface area contributed by atoms with Crippen molar-refractivity contribution < 1.29 is 13.2 Å². The van der Waals surface area contributed by atoms with Gasteiger partial charge in [-0.2, -0.15) is 4.31 Å². The molecule has 0 radical (unpaired) electrons. The van der Waals surface area contributed by atoms with E-state index in [1.807, 2.05) is 6.92 Å². The number of carbonyl (C=O) groups excluding carboxylic acids is 1. The molecule has 1 aliphatic heterocycles. The van der Waals surface area contributed by atoms with Crippen LogP contribution in [-0.2, 0) is 10.0 Å². The SMILES string of the molecule is CC(CN)CNC(=O)c1cccc(S(=O)(=O)N2CCCCC2)c1.Cl. The van der Waals surface area contributed by atoms with Gasteiger partial charge in [-0.15, -0.1) is 12.4 Å². The summed E-state index contributed by atoms with van der Waals surface area (Å²) < 4.78 is 26.8. The maximum atomic E-state index is 12.7. The maximum Gasteiger partial charge on any atom is 0.251 e. The van der Waals surface area contributed by atoms with E-state index in [1.54, 1.807) is 18.2 Å². The van der Waals surface area contributed by atoms with Crippen molar-refractivity contribution in [2.24, 2.45) is 11.7 Å². The smallest absolute Gasteiger partial charge is 0.251 e. The average Bonchev–Trinajstić information content (AvgIpc) is 2.60. The molecule has 3 N–H and O–H groups in total. The van der Waals surface area contributed by atoms with Crippen molar-refractivity contribution in [3.05, 3.63) is 29.8 Å². The third-order valence-corrected chi connectivity index (χ3v) is 5.96. The second-order valence-electron chi connectivity index (χ2n) is 6.04. The van der Waals surface area contributed by atoms with E-state index in [0.29, 0.717) is 31.7 Å². The molecular weight excluding hydrogens is 350 g/mol. The van der Waals surface area contributed by atoms with Crippen molar-refractivity contribution in [1.82, 2.24) is 9.62 Å². The molecule has 1 atom stereocenters. The fraction of sp³-hybridized carbons (Fsp3) is 0.562. The highest BCUT2D eigenvalue weighted by atomic mass is 35.5. The molecule has 0 aliphatic carbocycles. The first-order chi connectivity index (χ1) is 10.9. The van der Waals surface area contributed by atoms with Crippen molar-refractivity contribution >= 4 is 28.3 Å². The molecule has 1 aliphatic rings. The molecule has 1 amide bonds. The number of sulfonamides is 1. The summed E-state index contributed by atoms with van der Waals surface area (Å²) in [7, 11) is -3.52. The fourth-order valence-corrected chi connectivity index (χ4v) is 4.07. The molecule has 1 saturated heterocycles. The van der Waals surface area contributed by atoms with Crippen molar-refractivity contribution in [3.63, 3.8) is 0 Å². The molecule has 0 saturated carbocycles. The molecule has 0 aromatic heterocycles. The first-order valence-electron chi connectivity index (χ1n) is 8.03. The quantitative estimate of drug-likeness (QED) is 0.789. The van der Waals surface area contributed by atoms with Gasteiger partial charge < -0.3 is 11.1 Å². The highest BCUT2D eigenvalue weighted by Gasteiger charge is 2.26. The molecule has 6 nitrogen and oxygen atoms in total. The van der Waals surface area contributed by atoms with Gasteiger partial charge in [0.1, 0.15) is 0 Å². The fourth-order valence-electron chi connectivity index (χ4n) is 2.50. The van der Waals surface area contributed by atoms with Crippen LogP contribution in [0.15, 0.2) is 29.2 Å². The van der Waals surface area contributed by atoms with Gasteiger partial charge in [-0.25, -0.2) is 8.42 Å². The number of nitrogens with one attached hydrogen (secondary N) is 1. The Kier molecular flexibility index (Phi) is 8.15. The van der Waals surface area contributed by atoms with Crippen LogP contribution in [0.3, 0.4) is 0 Å². The molecule has 8 heteroatoms. The van der Waals surface area contributed by atoms with Crippen LogP contribution in [0.4, 0.5) is 0 Å². The zero-order valence-electron chi connectivity index (χ0n) is 13.9. The second kappa shape index (κ2) is 9.36. The zero-order chi connectivity index (χ0) is 16.9. The van der Waals surface area contributed by atoms with Crippen LogP contribution in [0.1, 0.15) is 36.5 Å². The Morgan fingerprint density at radius 3 is 2.58 bits per heavy atom. The number of rotatable bonds is 6. The molecule has 136 valence electrons. The van der Waals surface area contributed by atoms with Gasteiger partial charge in [0, 0.05) is 25.2 Å². The Morgan fingerprint density at radius 2 is 1.96 bits per heavy atom. The molecule has 0 bridgehead atoms. The number of halogens is 1. The van der Waals surface area contributed by atoms with E-state index >= 15 is 0 Å². The predicted molar refractivity (Wildman–Crippen MR) is 96.9 cm³/mol. The lowest BCUT2D eigenvalue weighted by molar-refractivity contribution is 0.0948. The van der Waals surface area contributed by atoms with Gasteiger partial charge in [0.15, 0.2) is 0 Å². The van der Waals surface area contributed by atoms with Crippen LogP contribution in [-0.4, -0.2) is 44.8 Å². The zero-order valence-corrected chi connectivity index (χ0v) is 15.5. The van der Waals surface area contributed by atoms with Crippen LogP contribution < -0.4 is 11.1 Å². The normalized spacial score (nSPS) is 16.9. The molecular formula is C16H26ClN3O3S. The first kappa shape index (κ1) is 20.9. The Balaban J connectivity index is 0.00000288. The lowest BCUT2D eigenvalue weighted by Crippen LogP contribution is -2.36. The van der Waals surface area contributed by atoms with Crippen molar-refractivity contribution in [2.45, 2.75) is 31.1 Å². The van der Waals surface area contributed by atoms with E-state index in [9.17, 15) is 13.2 Å². The number of amides is 1. The monoisotopic (exact) mass is 375 g/mol. The predicted octanol–water partition coefficient (Wildman–Crippen LogP) is 1.61. The summed E-state index contributed by atoms with van der Waals surface area (Å²) in [5.74, 6) is -0.0970. The second-order valence-corrected chi connectivity index (χ2v) is 7.98. The lowest BCUT2D eigenvalue weighted by atomic mass is 10.1. The van der Waals surface area contributed by atoms with Crippen LogP contribution in [0.2, 0.25) is 0 Å². The summed E-state index contributed by atoms with van der Waals surface area (Å²) in [6.07, 6.45) is 2.83. The molecule has 1 fully saturated rings. The van der Waals surface area contributed by atoms with Crippen molar-refractivity contribution in [1.29, 1.82) is 0 Å². The molecule has 0 spiro atoms. The van der Waals surface area contributed by atoms with Gasteiger partial charge in [-0.05, 0) is 43.5 Å². The summed E-state index contributed by atoms with van der Waals surface area (Å²) in [5, 5.41) is 2.78. The van der Waals surface area contributed by atoms with Crippen molar-refractivity contribution in [3.8, 4) is 0 Å². The van der Waals surface area contributed by atoms with Gasteiger partial charge in [0.2, 0.25) is 10.0 Å². The third-order valence-electron chi connectivity index (χ3n) is 4.06. The van der Waals surface area contributed by atoms with Crippen LogP contribution >= 0.6 is 12.4 Å². The third kappa shape index (κ3) is 5.17. The van der Waals surface area contributed by atoms with E-state index in [2.05, 4.69) is 5.32 Å². The number of nitrogens with zero attached hydrogens (tertiary/aromatic N) is 1. The van der Waals surface area contributed by atoms with Gasteiger partial charge in [0.05, 0.1) is 4.90 Å². The number of hydrogen-bond acceptors (Lipinski definition) is 4. The number of piperidine rings is 1. The van der Waals surface area contributed by atoms with Gasteiger partial charge >= 0.3 is 0 Å². The minimum Gasteiger partial charge on any atom is -0.352 e. The highest BCUT2D eigenvalue weighted by Crippen LogP contribution is 2.21. The average molecular weight is 376 g/mol. The largest absolute Gasteiger partial charge is 0.352 e. The number of carbonyl (C=O) groups is 1. The van der Waals surface area contributed by atoms with Crippen LogP contribution in [0.5, 0.6) is 0 Å². The standard InChI is InChI=1S/C16H25N3O3S.ClH/c1-13(11-17)12-18-16(20)14-6-5-7-15(10-14)23(21,22)19-8-3-2-4-9-19;/h5-7,10,13H,2-4,8-9,11-12,17H2,1H3,(H,18,20);1H. The Hall–Kier alpha value is -1.15. The summed E-state index contributed by atoms with van der Waals surface area (Å²) in [6, 6.07) is 6.23. The van der Waals surface area contributed by atoms with Crippen LogP contribution in [0.25, 0.3) is 0 Å². The molecule has 1 heterocycles. The topological polar surface area (TPSA) is 92.5 Å². The van der Waals surface area contributed by atoms with Crippen LogP contribution in [0, 0.1) is 5.92 Å². The minimum atomic E-state index is -3.52. The summed E-state index contributed by atoms with van der Waals surface area (Å²) in [5.41, 5.74) is 5.88. The van der Waals surface area contributed by atoms with E-state index in [0.717, 1.165) is 19.3 Å². The van der Waals surface area contributed by atoms with E-state index < -0.39 is 10.0 Å². The maximum absolute atomic E-state index is 12.7. The lowest BCUT2D eigenvalue weighted by Gasteiger charge is -2.26. The number of hydrogen-bond donors (Lipinski definition) is 2. The summed E-state index contributed by atoms with van der Waals surface area (Å²) in [4.78, 5) is 12.3. The molecule has 1 aromatic carbocycles. The van der Waals surface area contributed by atoms with Gasteiger partial charge in [-0.3, -0.25) is 4.79 Å². The minimum absolute atomic E-state index is 0. The van der Waals surface area contributed by atoms with E-state index in [-0.39, 0.29) is 29.1 Å². The summed E-state index contributed by atoms with van der Waals surface area (Å²) >= 11 is 0. The van der Waals surface area contributed by atoms with E-state index in [4.69, 9.17) is 5.73 Å². The Labute approximate surface area is 150 Å². The molecule has 1 aromatic rings. The highest BCUT2D eigenvalue weighted by molar-refractivity contribution is 7.89. The molecule has 1 unspecified atom stereocenters. The van der Waals surface area contributed by atoms with Crippen molar-refractivity contribution in [2.75, 3.05) is 26.2 Å². The molecule has 24 heavy (non-hydrogen) atoms.